The molecule has 0 fully saturated rings. The van der Waals surface area contributed by atoms with E-state index in [4.69, 9.17) is 5.11 Å². The van der Waals surface area contributed by atoms with Gasteiger partial charge in [0.05, 0.1) is 11.4 Å². The average Bonchev–Trinajstić information content (AvgIpc) is 2.72. The van der Waals surface area contributed by atoms with Gasteiger partial charge < -0.3 is 26.2 Å². The number of carboxylic acids is 2. The van der Waals surface area contributed by atoms with Crippen molar-refractivity contribution in [2.75, 3.05) is 16.8 Å². The molecule has 0 bridgehead atoms. The highest BCUT2D eigenvalue weighted by molar-refractivity contribution is 6.10. The molecule has 11 nitrogen and oxygen atoms in total. The molecule has 168 valence electrons. The molecule has 0 saturated carbocycles. The molecule has 0 saturated heterocycles. The van der Waals surface area contributed by atoms with Crippen LogP contribution in [0.4, 0.5) is 16.2 Å². The van der Waals surface area contributed by atoms with E-state index in [9.17, 15) is 29.1 Å². The van der Waals surface area contributed by atoms with Gasteiger partial charge in [-0.2, -0.15) is 0 Å². The van der Waals surface area contributed by atoms with E-state index in [2.05, 4.69) is 16.0 Å². The highest BCUT2D eigenvalue weighted by atomic mass is 16.4. The van der Waals surface area contributed by atoms with E-state index < -0.39 is 48.3 Å². The van der Waals surface area contributed by atoms with Gasteiger partial charge in [0.1, 0.15) is 18.6 Å². The molecule has 5 N–H and O–H groups in total. The third-order valence-electron chi connectivity index (χ3n) is 5.05. The number of para-hydroxylation sites is 2. The predicted octanol–water partition coefficient (Wildman–Crippen LogP) is 1.00. The first kappa shape index (κ1) is 23.6. The van der Waals surface area contributed by atoms with E-state index in [0.717, 1.165) is 0 Å². The Hall–Kier alpha value is -3.63. The zero-order valence-electron chi connectivity index (χ0n) is 17.3. The molecule has 1 aromatic rings. The standard InChI is InChI=1S/C20H26N4O7/c1-3-11(2)17(18(28)22-13(19(29)30)8-9-16(26)27)23-20(31)24-10-15(25)21-12-6-4-5-7-14(12)24/h4-7,11,13,17H,3,8-10H2,1-2H3,(H,21,25)(H,22,28)(H,23,31)(H,26,27)(H,29,30)/t11-,13-,17-/m0/s1. The highest BCUT2D eigenvalue weighted by Crippen LogP contribution is 2.29. The van der Waals surface area contributed by atoms with Crippen molar-refractivity contribution in [3.8, 4) is 0 Å². The summed E-state index contributed by atoms with van der Waals surface area (Å²) in [4.78, 5) is 61.1. The van der Waals surface area contributed by atoms with Gasteiger partial charge in [0.2, 0.25) is 11.8 Å². The van der Waals surface area contributed by atoms with Gasteiger partial charge in [0, 0.05) is 6.42 Å². The van der Waals surface area contributed by atoms with E-state index in [1.54, 1.807) is 38.1 Å². The number of hydrogen-bond donors (Lipinski definition) is 5. The van der Waals surface area contributed by atoms with Crippen molar-refractivity contribution >= 4 is 41.2 Å². The first-order valence-electron chi connectivity index (χ1n) is 9.85. The maximum absolute atomic E-state index is 12.9. The van der Waals surface area contributed by atoms with Crippen molar-refractivity contribution in [3.05, 3.63) is 24.3 Å². The quantitative estimate of drug-likeness (QED) is 0.387. The van der Waals surface area contributed by atoms with E-state index in [1.807, 2.05) is 0 Å². The van der Waals surface area contributed by atoms with E-state index in [1.165, 1.54) is 4.90 Å². The zero-order valence-corrected chi connectivity index (χ0v) is 17.3. The molecule has 0 radical (unpaired) electrons. The molecule has 1 heterocycles. The molecule has 1 aromatic carbocycles. The first-order valence-corrected chi connectivity index (χ1v) is 9.85. The highest BCUT2D eigenvalue weighted by Gasteiger charge is 2.33. The molecule has 4 amide bonds. The van der Waals surface area contributed by atoms with Gasteiger partial charge in [-0.15, -0.1) is 0 Å². The summed E-state index contributed by atoms with van der Waals surface area (Å²) in [5, 5.41) is 25.6. The molecule has 0 unspecified atom stereocenters. The molecule has 3 atom stereocenters. The summed E-state index contributed by atoms with van der Waals surface area (Å²) in [6.45, 7) is 3.28. The van der Waals surface area contributed by atoms with Gasteiger partial charge in [-0.3, -0.25) is 19.3 Å². The van der Waals surface area contributed by atoms with Gasteiger partial charge in [0.15, 0.2) is 0 Å². The number of hydrogen-bond acceptors (Lipinski definition) is 5. The molecule has 11 heteroatoms. The fourth-order valence-electron chi connectivity index (χ4n) is 3.11. The minimum atomic E-state index is -1.41. The second kappa shape index (κ2) is 10.4. The maximum atomic E-state index is 12.9. The van der Waals surface area contributed by atoms with Crippen molar-refractivity contribution in [3.63, 3.8) is 0 Å². The topological polar surface area (TPSA) is 165 Å². The lowest BCUT2D eigenvalue weighted by molar-refractivity contribution is -0.143. The minimum Gasteiger partial charge on any atom is -0.481 e. The van der Waals surface area contributed by atoms with Crippen LogP contribution in [-0.4, -0.2) is 58.6 Å². The number of anilines is 2. The van der Waals surface area contributed by atoms with Gasteiger partial charge in [-0.25, -0.2) is 9.59 Å². The lowest BCUT2D eigenvalue weighted by Crippen LogP contribution is -2.57. The minimum absolute atomic E-state index is 0.242. The fraction of sp³-hybridized carbons (Fsp3) is 0.450. The monoisotopic (exact) mass is 434 g/mol. The van der Waals surface area contributed by atoms with Crippen LogP contribution < -0.4 is 20.9 Å². The second-order valence-corrected chi connectivity index (χ2v) is 7.30. The van der Waals surface area contributed by atoms with Crippen molar-refractivity contribution in [2.45, 2.75) is 45.2 Å². The van der Waals surface area contributed by atoms with Crippen LogP contribution in [0.5, 0.6) is 0 Å². The zero-order chi connectivity index (χ0) is 23.1. The molecular weight excluding hydrogens is 408 g/mol. The van der Waals surface area contributed by atoms with Gasteiger partial charge in [-0.1, -0.05) is 32.4 Å². The van der Waals surface area contributed by atoms with Crippen LogP contribution in [0.15, 0.2) is 24.3 Å². The molecule has 1 aliphatic rings. The summed E-state index contributed by atoms with van der Waals surface area (Å²) in [6, 6.07) is 3.54. The lowest BCUT2D eigenvalue weighted by Gasteiger charge is -2.32. The number of carboxylic acid groups (broad SMARTS) is 2. The van der Waals surface area contributed by atoms with Gasteiger partial charge in [-0.05, 0) is 24.5 Å². The van der Waals surface area contributed by atoms with E-state index in [0.29, 0.717) is 17.8 Å². The third-order valence-corrected chi connectivity index (χ3v) is 5.05. The Morgan fingerprint density at radius 2 is 1.84 bits per heavy atom. The number of rotatable bonds is 9. The Morgan fingerprint density at radius 3 is 2.45 bits per heavy atom. The van der Waals surface area contributed by atoms with E-state index in [-0.39, 0.29) is 18.9 Å². The van der Waals surface area contributed by atoms with Gasteiger partial charge in [0.25, 0.3) is 0 Å². The molecule has 0 aromatic heterocycles. The van der Waals surface area contributed by atoms with Crippen LogP contribution in [0.3, 0.4) is 0 Å². The smallest absolute Gasteiger partial charge is 0.326 e. The summed E-state index contributed by atoms with van der Waals surface area (Å²) in [7, 11) is 0. The number of aliphatic carboxylic acids is 2. The van der Waals surface area contributed by atoms with Crippen molar-refractivity contribution in [1.29, 1.82) is 0 Å². The van der Waals surface area contributed by atoms with Crippen LogP contribution in [-0.2, 0) is 19.2 Å². The Balaban J connectivity index is 2.18. The number of urea groups is 1. The predicted molar refractivity (Wildman–Crippen MR) is 111 cm³/mol. The molecular formula is C20H26N4O7. The number of nitrogens with zero attached hydrogens (tertiary/aromatic N) is 1. The summed E-state index contributed by atoms with van der Waals surface area (Å²) in [6.07, 6.45) is -0.225. The second-order valence-electron chi connectivity index (χ2n) is 7.30. The lowest BCUT2D eigenvalue weighted by atomic mass is 9.97. The third kappa shape index (κ3) is 6.17. The van der Waals surface area contributed by atoms with E-state index >= 15 is 0 Å². The first-order chi connectivity index (χ1) is 14.6. The van der Waals surface area contributed by atoms with Crippen molar-refractivity contribution < 1.29 is 34.2 Å². The maximum Gasteiger partial charge on any atom is 0.326 e. The van der Waals surface area contributed by atoms with Crippen LogP contribution in [0.25, 0.3) is 0 Å². The van der Waals surface area contributed by atoms with Crippen LogP contribution in [0, 0.1) is 5.92 Å². The number of amides is 4. The normalized spacial score (nSPS) is 15.7. The number of carbonyl (C=O) groups is 5. The van der Waals surface area contributed by atoms with Crippen LogP contribution >= 0.6 is 0 Å². The summed E-state index contributed by atoms with van der Waals surface area (Å²) < 4.78 is 0. The number of benzene rings is 1. The van der Waals surface area contributed by atoms with Crippen LogP contribution in [0.2, 0.25) is 0 Å². The average molecular weight is 434 g/mol. The molecule has 31 heavy (non-hydrogen) atoms. The van der Waals surface area contributed by atoms with Gasteiger partial charge >= 0.3 is 18.0 Å². The Bertz CT molecular complexity index is 873. The summed E-state index contributed by atoms with van der Waals surface area (Å²) >= 11 is 0. The summed E-state index contributed by atoms with van der Waals surface area (Å²) in [5.41, 5.74) is 0.922. The molecule has 1 aliphatic heterocycles. The number of nitrogens with one attached hydrogen (secondary N) is 3. The Morgan fingerprint density at radius 1 is 1.16 bits per heavy atom. The molecule has 0 spiro atoms. The SMILES string of the molecule is CC[C@H](C)[C@H](NC(=O)N1CC(=O)Nc2ccccc21)C(=O)N[C@@H](CCC(=O)O)C(=O)O. The van der Waals surface area contributed by atoms with Crippen molar-refractivity contribution in [1.82, 2.24) is 10.6 Å². The fourth-order valence-corrected chi connectivity index (χ4v) is 3.11. The largest absolute Gasteiger partial charge is 0.481 e. The Kier molecular flexibility index (Phi) is 7.94. The summed E-state index contributed by atoms with van der Waals surface area (Å²) in [5.74, 6) is -4.04. The van der Waals surface area contributed by atoms with Crippen molar-refractivity contribution in [2.24, 2.45) is 5.92 Å². The van der Waals surface area contributed by atoms with Crippen LogP contribution in [0.1, 0.15) is 33.1 Å². The number of carbonyl (C=O) groups excluding carboxylic acids is 3. The molecule has 0 aliphatic carbocycles. The molecule has 2 rings (SSSR count). The number of fused-ring (bicyclic) bond motifs is 1. The Labute approximate surface area is 178 Å².